The van der Waals surface area contributed by atoms with E-state index in [1.54, 1.807) is 47.3 Å². The van der Waals surface area contributed by atoms with Gasteiger partial charge >= 0.3 is 0 Å². The lowest BCUT2D eigenvalue weighted by Crippen LogP contribution is -2.14. The molecule has 0 saturated heterocycles. The van der Waals surface area contributed by atoms with E-state index in [1.807, 2.05) is 25.1 Å². The Morgan fingerprint density at radius 3 is 2.28 bits per heavy atom. The molecule has 6 heteroatoms. The number of rotatable bonds is 5. The quantitative estimate of drug-likeness (QED) is 0.751. The second-order valence-electron chi connectivity index (χ2n) is 5.73. The van der Waals surface area contributed by atoms with Gasteiger partial charge in [-0.1, -0.05) is 12.1 Å². The molecular formula is C19H18N4O2. The van der Waals surface area contributed by atoms with E-state index < -0.39 is 0 Å². The van der Waals surface area contributed by atoms with Crippen molar-refractivity contribution in [2.45, 2.75) is 13.3 Å². The van der Waals surface area contributed by atoms with Crippen LogP contribution in [0, 0.1) is 6.92 Å². The van der Waals surface area contributed by atoms with Crippen LogP contribution in [0.25, 0.3) is 5.69 Å². The average molecular weight is 334 g/mol. The number of nitrogens with zero attached hydrogens (tertiary/aromatic N) is 2. The lowest BCUT2D eigenvalue weighted by Gasteiger charge is -2.08. The highest BCUT2D eigenvalue weighted by molar-refractivity contribution is 6.04. The van der Waals surface area contributed by atoms with Crippen LogP contribution in [0.15, 0.2) is 60.8 Å². The van der Waals surface area contributed by atoms with E-state index in [1.165, 1.54) is 0 Å². The van der Waals surface area contributed by atoms with Crippen LogP contribution < -0.4 is 11.1 Å². The molecule has 0 aliphatic heterocycles. The minimum atomic E-state index is -0.385. The number of carbonyl (C=O) groups is 2. The molecule has 3 N–H and O–H groups in total. The Morgan fingerprint density at radius 2 is 1.72 bits per heavy atom. The van der Waals surface area contributed by atoms with Crippen molar-refractivity contribution >= 4 is 17.5 Å². The summed E-state index contributed by atoms with van der Waals surface area (Å²) in [7, 11) is 0. The molecule has 2 amide bonds. The van der Waals surface area contributed by atoms with Crippen molar-refractivity contribution in [3.8, 4) is 5.69 Å². The van der Waals surface area contributed by atoms with E-state index >= 15 is 0 Å². The van der Waals surface area contributed by atoms with Gasteiger partial charge in [-0.15, -0.1) is 0 Å². The second kappa shape index (κ2) is 7.00. The van der Waals surface area contributed by atoms with E-state index in [4.69, 9.17) is 5.73 Å². The van der Waals surface area contributed by atoms with Gasteiger partial charge in [0.05, 0.1) is 12.1 Å². The fourth-order valence-electron chi connectivity index (χ4n) is 2.50. The zero-order chi connectivity index (χ0) is 17.8. The summed E-state index contributed by atoms with van der Waals surface area (Å²) in [6, 6.07) is 16.2. The Bertz CT molecular complexity index is 896. The molecule has 0 fully saturated rings. The molecule has 25 heavy (non-hydrogen) atoms. The average Bonchev–Trinajstić information content (AvgIpc) is 3.02. The lowest BCUT2D eigenvalue weighted by atomic mass is 10.1. The number of carbonyl (C=O) groups excluding carboxylic acids is 2. The summed E-state index contributed by atoms with van der Waals surface area (Å²) >= 11 is 0. The normalized spacial score (nSPS) is 10.4. The van der Waals surface area contributed by atoms with Crippen molar-refractivity contribution in [1.29, 1.82) is 0 Å². The maximum atomic E-state index is 12.3. The fourth-order valence-corrected chi connectivity index (χ4v) is 2.50. The Hall–Kier alpha value is -3.41. The minimum Gasteiger partial charge on any atom is -0.369 e. The summed E-state index contributed by atoms with van der Waals surface area (Å²) in [5.74, 6) is -0.587. The standard InChI is InChI=1S/C19H18N4O2/c1-13-10-11-21-23(13)17-8-4-15(5-9-17)19(25)22-16-6-2-14(3-7-16)12-18(20)24/h2-11H,12H2,1H3,(H2,20,24)(H,22,25). The molecule has 0 aliphatic carbocycles. The lowest BCUT2D eigenvalue weighted by molar-refractivity contribution is -0.117. The van der Waals surface area contributed by atoms with Crippen LogP contribution in [0.4, 0.5) is 5.69 Å². The molecule has 0 spiro atoms. The number of aromatic nitrogens is 2. The van der Waals surface area contributed by atoms with Gasteiger partial charge in [-0.2, -0.15) is 5.10 Å². The van der Waals surface area contributed by atoms with Gasteiger partial charge in [0.2, 0.25) is 5.91 Å². The number of benzene rings is 2. The molecule has 0 radical (unpaired) electrons. The van der Waals surface area contributed by atoms with E-state index in [0.717, 1.165) is 16.9 Å². The number of anilines is 1. The molecule has 0 saturated carbocycles. The number of hydrogen-bond acceptors (Lipinski definition) is 3. The molecule has 0 unspecified atom stereocenters. The fraction of sp³-hybridized carbons (Fsp3) is 0.105. The van der Waals surface area contributed by atoms with Crippen molar-refractivity contribution in [3.05, 3.63) is 77.6 Å². The number of nitrogens with one attached hydrogen (secondary N) is 1. The summed E-state index contributed by atoms with van der Waals surface area (Å²) in [5.41, 5.74) is 9.10. The van der Waals surface area contributed by atoms with Crippen LogP contribution in [0.1, 0.15) is 21.6 Å². The minimum absolute atomic E-state index is 0.183. The SMILES string of the molecule is Cc1ccnn1-c1ccc(C(=O)Nc2ccc(CC(N)=O)cc2)cc1. The first-order valence-electron chi connectivity index (χ1n) is 7.82. The molecule has 0 bridgehead atoms. The summed E-state index contributed by atoms with van der Waals surface area (Å²) in [6.45, 7) is 1.97. The van der Waals surface area contributed by atoms with Gasteiger partial charge in [-0.3, -0.25) is 9.59 Å². The third-order valence-electron chi connectivity index (χ3n) is 3.80. The zero-order valence-corrected chi connectivity index (χ0v) is 13.8. The van der Waals surface area contributed by atoms with E-state index in [-0.39, 0.29) is 18.2 Å². The molecule has 1 aromatic heterocycles. The largest absolute Gasteiger partial charge is 0.369 e. The Morgan fingerprint density at radius 1 is 1.04 bits per heavy atom. The van der Waals surface area contributed by atoms with Gasteiger partial charge in [0, 0.05) is 23.1 Å². The number of primary amides is 1. The molecule has 1 heterocycles. The van der Waals surface area contributed by atoms with Gasteiger partial charge in [-0.05, 0) is 55.0 Å². The zero-order valence-electron chi connectivity index (χ0n) is 13.8. The maximum absolute atomic E-state index is 12.3. The number of nitrogens with two attached hydrogens (primary N) is 1. The summed E-state index contributed by atoms with van der Waals surface area (Å²) in [4.78, 5) is 23.2. The van der Waals surface area contributed by atoms with Gasteiger partial charge in [0.25, 0.3) is 5.91 Å². The van der Waals surface area contributed by atoms with Crippen LogP contribution in [0.2, 0.25) is 0 Å². The Balaban J connectivity index is 1.69. The summed E-state index contributed by atoms with van der Waals surface area (Å²) in [5, 5.41) is 7.07. The number of aryl methyl sites for hydroxylation is 1. The van der Waals surface area contributed by atoms with Gasteiger partial charge in [-0.25, -0.2) is 4.68 Å². The molecule has 6 nitrogen and oxygen atoms in total. The maximum Gasteiger partial charge on any atom is 0.255 e. The topological polar surface area (TPSA) is 90.0 Å². The molecule has 3 aromatic rings. The van der Waals surface area contributed by atoms with Crippen molar-refractivity contribution < 1.29 is 9.59 Å². The first-order chi connectivity index (χ1) is 12.0. The number of amides is 2. The van der Waals surface area contributed by atoms with Crippen LogP contribution in [-0.4, -0.2) is 21.6 Å². The molecule has 3 rings (SSSR count). The third kappa shape index (κ3) is 3.92. The molecule has 0 aliphatic rings. The second-order valence-corrected chi connectivity index (χ2v) is 5.73. The Kier molecular flexibility index (Phi) is 4.61. The Labute approximate surface area is 145 Å². The third-order valence-corrected chi connectivity index (χ3v) is 3.80. The predicted octanol–water partition coefficient (Wildman–Crippen LogP) is 2.46. The van der Waals surface area contributed by atoms with E-state index in [0.29, 0.717) is 11.3 Å². The van der Waals surface area contributed by atoms with Crippen molar-refractivity contribution in [3.63, 3.8) is 0 Å². The van der Waals surface area contributed by atoms with Crippen molar-refractivity contribution in [2.75, 3.05) is 5.32 Å². The van der Waals surface area contributed by atoms with Crippen molar-refractivity contribution in [1.82, 2.24) is 9.78 Å². The van der Waals surface area contributed by atoms with Crippen LogP contribution in [0.5, 0.6) is 0 Å². The first-order valence-corrected chi connectivity index (χ1v) is 7.82. The highest BCUT2D eigenvalue weighted by atomic mass is 16.2. The van der Waals surface area contributed by atoms with Crippen LogP contribution in [0.3, 0.4) is 0 Å². The van der Waals surface area contributed by atoms with Gasteiger partial charge in [0.1, 0.15) is 0 Å². The van der Waals surface area contributed by atoms with E-state index in [9.17, 15) is 9.59 Å². The molecular weight excluding hydrogens is 316 g/mol. The molecule has 2 aromatic carbocycles. The first kappa shape index (κ1) is 16.4. The molecule has 0 atom stereocenters. The van der Waals surface area contributed by atoms with Crippen molar-refractivity contribution in [2.24, 2.45) is 5.73 Å². The summed E-state index contributed by atoms with van der Waals surface area (Å²) < 4.78 is 1.80. The number of hydrogen-bond donors (Lipinski definition) is 2. The monoisotopic (exact) mass is 334 g/mol. The van der Waals surface area contributed by atoms with Crippen LogP contribution in [-0.2, 0) is 11.2 Å². The van der Waals surface area contributed by atoms with Crippen LogP contribution >= 0.6 is 0 Å². The highest BCUT2D eigenvalue weighted by Gasteiger charge is 2.08. The summed E-state index contributed by atoms with van der Waals surface area (Å²) in [6.07, 6.45) is 1.92. The predicted molar refractivity (Wildman–Crippen MR) is 95.6 cm³/mol. The van der Waals surface area contributed by atoms with Gasteiger partial charge < -0.3 is 11.1 Å². The highest BCUT2D eigenvalue weighted by Crippen LogP contribution is 2.14. The molecule has 126 valence electrons. The van der Waals surface area contributed by atoms with Gasteiger partial charge in [0.15, 0.2) is 0 Å². The smallest absolute Gasteiger partial charge is 0.255 e. The van der Waals surface area contributed by atoms with E-state index in [2.05, 4.69) is 10.4 Å².